The van der Waals surface area contributed by atoms with Crippen LogP contribution in [-0.2, 0) is 11.2 Å². The fourth-order valence-electron chi connectivity index (χ4n) is 3.17. The molecule has 0 radical (unpaired) electrons. The number of nitrogens with one attached hydrogen (secondary N) is 1. The number of H-pyrrole nitrogens is 1. The second kappa shape index (κ2) is 8.62. The van der Waals surface area contributed by atoms with Crippen LogP contribution in [0.3, 0.4) is 0 Å². The third-order valence-electron chi connectivity index (χ3n) is 4.43. The molecule has 0 aliphatic heterocycles. The lowest BCUT2D eigenvalue weighted by Gasteiger charge is -2.10. The molecule has 2 N–H and O–H groups in total. The predicted octanol–water partition coefficient (Wildman–Crippen LogP) is 5.04. The van der Waals surface area contributed by atoms with E-state index >= 15 is 0 Å². The Bertz CT molecular complexity index is 929. The Labute approximate surface area is 158 Å². The Morgan fingerprint density at radius 1 is 1.11 bits per heavy atom. The van der Waals surface area contributed by atoms with Crippen molar-refractivity contribution in [1.29, 1.82) is 0 Å². The lowest BCUT2D eigenvalue weighted by molar-refractivity contribution is -0.136. The van der Waals surface area contributed by atoms with Gasteiger partial charge in [-0.3, -0.25) is 4.79 Å². The number of benzene rings is 2. The highest BCUT2D eigenvalue weighted by Crippen LogP contribution is 2.37. The van der Waals surface area contributed by atoms with Gasteiger partial charge >= 0.3 is 5.97 Å². The van der Waals surface area contributed by atoms with Crippen LogP contribution in [0.5, 0.6) is 11.5 Å². The molecule has 3 aromatic rings. The van der Waals surface area contributed by atoms with Gasteiger partial charge in [0.25, 0.3) is 0 Å². The molecule has 0 amide bonds. The van der Waals surface area contributed by atoms with Crippen molar-refractivity contribution in [3.63, 3.8) is 0 Å². The number of carboxylic acids is 1. The van der Waals surface area contributed by atoms with Crippen molar-refractivity contribution in [3.05, 3.63) is 48.0 Å². The Hall–Kier alpha value is -2.95. The Kier molecular flexibility index (Phi) is 6.01. The summed E-state index contributed by atoms with van der Waals surface area (Å²) in [6.45, 7) is 5.24. The number of aromatic nitrogens is 1. The molecular formula is C22H25NO4. The number of carbonyl (C=O) groups is 1. The van der Waals surface area contributed by atoms with Crippen molar-refractivity contribution in [2.75, 3.05) is 13.2 Å². The zero-order chi connectivity index (χ0) is 19.2. The molecule has 5 nitrogen and oxygen atoms in total. The third kappa shape index (κ3) is 4.25. The lowest BCUT2D eigenvalue weighted by atomic mass is 10.0. The minimum absolute atomic E-state index is 0.0752. The van der Waals surface area contributed by atoms with Crippen molar-refractivity contribution in [2.24, 2.45) is 0 Å². The predicted molar refractivity (Wildman–Crippen MR) is 107 cm³/mol. The summed E-state index contributed by atoms with van der Waals surface area (Å²) in [4.78, 5) is 14.9. The molecule has 1 heterocycles. The second-order valence-electron chi connectivity index (χ2n) is 6.39. The molecule has 0 saturated heterocycles. The molecule has 0 aliphatic rings. The van der Waals surface area contributed by atoms with Gasteiger partial charge in [-0.25, -0.2) is 0 Å². The summed E-state index contributed by atoms with van der Waals surface area (Å²) < 4.78 is 11.6. The van der Waals surface area contributed by atoms with Gasteiger partial charge < -0.3 is 19.6 Å². The van der Waals surface area contributed by atoms with Gasteiger partial charge in [-0.2, -0.15) is 0 Å². The molecule has 142 valence electrons. The molecule has 0 spiro atoms. The summed E-state index contributed by atoms with van der Waals surface area (Å²) in [6.07, 6.45) is 1.98. The van der Waals surface area contributed by atoms with Gasteiger partial charge in [0.05, 0.1) is 25.3 Å². The number of aliphatic carboxylic acids is 1. The molecule has 2 aromatic carbocycles. The van der Waals surface area contributed by atoms with Crippen molar-refractivity contribution >= 4 is 16.9 Å². The molecule has 0 unspecified atom stereocenters. The van der Waals surface area contributed by atoms with Crippen LogP contribution >= 0.6 is 0 Å². The number of fused-ring (bicyclic) bond motifs is 1. The standard InChI is InChI=1S/C22H25NO4/c1-3-5-12-27-15-10-11-19-17(13-15)18(14-21(24)25)22(23-19)16-8-6-7-9-20(16)26-4-2/h6-11,13,23H,3-5,12,14H2,1-2H3,(H,24,25). The molecular weight excluding hydrogens is 342 g/mol. The van der Waals surface area contributed by atoms with Gasteiger partial charge in [0, 0.05) is 16.5 Å². The fraction of sp³-hybridized carbons (Fsp3) is 0.318. The summed E-state index contributed by atoms with van der Waals surface area (Å²) in [5, 5.41) is 10.3. The number of rotatable bonds is 9. The Morgan fingerprint density at radius 3 is 2.67 bits per heavy atom. The zero-order valence-corrected chi connectivity index (χ0v) is 15.7. The van der Waals surface area contributed by atoms with Crippen molar-refractivity contribution in [2.45, 2.75) is 33.1 Å². The van der Waals surface area contributed by atoms with Gasteiger partial charge in [-0.05, 0) is 49.2 Å². The maximum Gasteiger partial charge on any atom is 0.307 e. The number of aromatic amines is 1. The SMILES string of the molecule is CCCCOc1ccc2[nH]c(-c3ccccc3OCC)c(CC(=O)O)c2c1. The molecule has 1 aromatic heterocycles. The van der Waals surface area contributed by atoms with Gasteiger partial charge in [0.1, 0.15) is 11.5 Å². The van der Waals surface area contributed by atoms with E-state index in [1.54, 1.807) is 0 Å². The van der Waals surface area contributed by atoms with Crippen LogP contribution in [0.2, 0.25) is 0 Å². The monoisotopic (exact) mass is 367 g/mol. The number of hydrogen-bond donors (Lipinski definition) is 2. The molecule has 0 saturated carbocycles. The Morgan fingerprint density at radius 2 is 1.93 bits per heavy atom. The van der Waals surface area contributed by atoms with Crippen LogP contribution in [0.25, 0.3) is 22.2 Å². The summed E-state index contributed by atoms with van der Waals surface area (Å²) in [5.74, 6) is 0.618. The van der Waals surface area contributed by atoms with Crippen molar-refractivity contribution < 1.29 is 19.4 Å². The van der Waals surface area contributed by atoms with E-state index in [4.69, 9.17) is 9.47 Å². The van der Waals surface area contributed by atoms with Gasteiger partial charge in [0.2, 0.25) is 0 Å². The van der Waals surface area contributed by atoms with Crippen LogP contribution in [-0.4, -0.2) is 29.3 Å². The first-order valence-electron chi connectivity index (χ1n) is 9.35. The molecule has 3 rings (SSSR count). The smallest absolute Gasteiger partial charge is 0.307 e. The summed E-state index contributed by atoms with van der Waals surface area (Å²) >= 11 is 0. The van der Waals surface area contributed by atoms with Crippen LogP contribution in [0.15, 0.2) is 42.5 Å². The third-order valence-corrected chi connectivity index (χ3v) is 4.43. The second-order valence-corrected chi connectivity index (χ2v) is 6.39. The van der Waals surface area contributed by atoms with Gasteiger partial charge in [0.15, 0.2) is 0 Å². The average Bonchev–Trinajstić information content (AvgIpc) is 3.00. The van der Waals surface area contributed by atoms with Gasteiger partial charge in [-0.15, -0.1) is 0 Å². The summed E-state index contributed by atoms with van der Waals surface area (Å²) in [7, 11) is 0. The molecule has 0 aliphatic carbocycles. The zero-order valence-electron chi connectivity index (χ0n) is 15.7. The number of para-hydroxylation sites is 1. The van der Waals surface area contributed by atoms with Crippen molar-refractivity contribution in [1.82, 2.24) is 4.98 Å². The Balaban J connectivity index is 2.11. The average molecular weight is 367 g/mol. The van der Waals surface area contributed by atoms with Gasteiger partial charge in [-0.1, -0.05) is 25.5 Å². The first-order chi connectivity index (χ1) is 13.1. The minimum Gasteiger partial charge on any atom is -0.494 e. The van der Waals surface area contributed by atoms with Crippen LogP contribution in [0.4, 0.5) is 0 Å². The largest absolute Gasteiger partial charge is 0.494 e. The number of unbranched alkanes of at least 4 members (excludes halogenated alkanes) is 1. The van der Waals surface area contributed by atoms with Crippen molar-refractivity contribution in [3.8, 4) is 22.8 Å². The van der Waals surface area contributed by atoms with E-state index in [2.05, 4.69) is 11.9 Å². The highest BCUT2D eigenvalue weighted by atomic mass is 16.5. The minimum atomic E-state index is -0.872. The van der Waals surface area contributed by atoms with E-state index in [0.29, 0.717) is 13.2 Å². The van der Waals surface area contributed by atoms with E-state index in [0.717, 1.165) is 52.1 Å². The van der Waals surface area contributed by atoms with E-state index in [1.165, 1.54) is 0 Å². The highest BCUT2D eigenvalue weighted by Gasteiger charge is 2.19. The molecule has 0 atom stereocenters. The lowest BCUT2D eigenvalue weighted by Crippen LogP contribution is -2.02. The van der Waals surface area contributed by atoms with E-state index < -0.39 is 5.97 Å². The molecule has 0 fully saturated rings. The normalized spacial score (nSPS) is 10.9. The number of hydrogen-bond acceptors (Lipinski definition) is 3. The maximum absolute atomic E-state index is 11.5. The number of ether oxygens (including phenoxy) is 2. The molecule has 27 heavy (non-hydrogen) atoms. The molecule has 5 heteroatoms. The summed E-state index contributed by atoms with van der Waals surface area (Å²) in [5.41, 5.74) is 3.27. The quantitative estimate of drug-likeness (QED) is 0.520. The fourth-order valence-corrected chi connectivity index (χ4v) is 3.17. The maximum atomic E-state index is 11.5. The number of carboxylic acid groups (broad SMARTS) is 1. The highest BCUT2D eigenvalue weighted by molar-refractivity contribution is 5.95. The van der Waals surface area contributed by atoms with E-state index in [-0.39, 0.29) is 6.42 Å². The van der Waals surface area contributed by atoms with Crippen LogP contribution < -0.4 is 9.47 Å². The van der Waals surface area contributed by atoms with Crippen LogP contribution in [0.1, 0.15) is 32.3 Å². The summed E-state index contributed by atoms with van der Waals surface area (Å²) in [6, 6.07) is 13.5. The topological polar surface area (TPSA) is 71.5 Å². The van der Waals surface area contributed by atoms with Crippen LogP contribution in [0, 0.1) is 0 Å². The van der Waals surface area contributed by atoms with E-state index in [1.807, 2.05) is 49.4 Å². The first-order valence-corrected chi connectivity index (χ1v) is 9.35. The van der Waals surface area contributed by atoms with E-state index in [9.17, 15) is 9.90 Å². The first kappa shape index (κ1) is 18.8. The molecule has 0 bridgehead atoms.